The largest absolute Gasteiger partial charge is 0.378 e. The molecule has 2 aromatic rings. The van der Waals surface area contributed by atoms with E-state index in [1.54, 1.807) is 12.4 Å². The summed E-state index contributed by atoms with van der Waals surface area (Å²) in [4.78, 5) is 15.7. The molecule has 0 spiro atoms. The number of morpholine rings is 1. The van der Waals surface area contributed by atoms with E-state index in [1.807, 2.05) is 24.4 Å². The Labute approximate surface area is 136 Å². The third kappa shape index (κ3) is 4.03. The van der Waals surface area contributed by atoms with Gasteiger partial charge in [0.2, 0.25) is 0 Å². The van der Waals surface area contributed by atoms with Crippen molar-refractivity contribution < 1.29 is 4.74 Å². The Morgan fingerprint density at radius 3 is 3.04 bits per heavy atom. The van der Waals surface area contributed by atoms with E-state index in [2.05, 4.69) is 39.0 Å². The van der Waals surface area contributed by atoms with Gasteiger partial charge in [-0.2, -0.15) is 0 Å². The molecule has 0 bridgehead atoms. The fourth-order valence-corrected chi connectivity index (χ4v) is 2.79. The maximum Gasteiger partial charge on any atom is 0.150 e. The van der Waals surface area contributed by atoms with Gasteiger partial charge >= 0.3 is 0 Å². The highest BCUT2D eigenvalue weighted by atomic mass is 16.5. The Hall–Kier alpha value is -2.05. The van der Waals surface area contributed by atoms with Crippen molar-refractivity contribution in [3.8, 4) is 0 Å². The Balaban J connectivity index is 1.71. The molecule has 1 unspecified atom stereocenters. The zero-order valence-electron chi connectivity index (χ0n) is 13.6. The van der Waals surface area contributed by atoms with Crippen LogP contribution in [0.4, 0.5) is 5.82 Å². The lowest BCUT2D eigenvalue weighted by Crippen LogP contribution is -2.44. The van der Waals surface area contributed by atoms with Crippen molar-refractivity contribution in [2.45, 2.75) is 32.5 Å². The van der Waals surface area contributed by atoms with Crippen LogP contribution in [0.5, 0.6) is 0 Å². The van der Waals surface area contributed by atoms with Crippen LogP contribution in [0, 0.1) is 0 Å². The van der Waals surface area contributed by atoms with Gasteiger partial charge in [0.05, 0.1) is 19.3 Å². The molecule has 6 nitrogen and oxygen atoms in total. The number of rotatable bonds is 5. The summed E-state index contributed by atoms with van der Waals surface area (Å²) < 4.78 is 5.64. The number of aromatic nitrogens is 3. The van der Waals surface area contributed by atoms with Crippen LogP contribution < -0.4 is 5.32 Å². The predicted molar refractivity (Wildman–Crippen MR) is 89.0 cm³/mol. The zero-order valence-corrected chi connectivity index (χ0v) is 13.6. The SMILES string of the molecule is CC(C)N1CCOCC1c1nccc(NCc2cccnc2)n1. The third-order valence-corrected chi connectivity index (χ3v) is 4.00. The van der Waals surface area contributed by atoms with E-state index in [0.29, 0.717) is 19.2 Å². The van der Waals surface area contributed by atoms with Crippen LogP contribution in [0.3, 0.4) is 0 Å². The molecule has 1 fully saturated rings. The monoisotopic (exact) mass is 313 g/mol. The Morgan fingerprint density at radius 1 is 1.35 bits per heavy atom. The van der Waals surface area contributed by atoms with Crippen molar-refractivity contribution in [2.24, 2.45) is 0 Å². The first kappa shape index (κ1) is 15.8. The summed E-state index contributed by atoms with van der Waals surface area (Å²) in [6.45, 7) is 7.42. The van der Waals surface area contributed by atoms with Crippen molar-refractivity contribution in [1.82, 2.24) is 19.9 Å². The smallest absolute Gasteiger partial charge is 0.150 e. The highest BCUT2D eigenvalue weighted by molar-refractivity contribution is 5.34. The van der Waals surface area contributed by atoms with Crippen LogP contribution >= 0.6 is 0 Å². The Kier molecular flexibility index (Phi) is 5.15. The molecule has 1 atom stereocenters. The third-order valence-electron chi connectivity index (χ3n) is 4.00. The summed E-state index contributed by atoms with van der Waals surface area (Å²) in [5.74, 6) is 1.64. The second-order valence-electron chi connectivity index (χ2n) is 5.94. The molecular weight excluding hydrogens is 290 g/mol. The molecule has 1 saturated heterocycles. The quantitative estimate of drug-likeness (QED) is 0.913. The summed E-state index contributed by atoms with van der Waals surface area (Å²) in [6, 6.07) is 6.42. The molecule has 6 heteroatoms. The first-order chi connectivity index (χ1) is 11.2. The fraction of sp³-hybridized carbons (Fsp3) is 0.471. The van der Waals surface area contributed by atoms with Gasteiger partial charge in [0.25, 0.3) is 0 Å². The van der Waals surface area contributed by atoms with E-state index in [9.17, 15) is 0 Å². The number of nitrogens with zero attached hydrogens (tertiary/aromatic N) is 4. The molecular formula is C17H23N5O. The summed E-state index contributed by atoms with van der Waals surface area (Å²) >= 11 is 0. The summed E-state index contributed by atoms with van der Waals surface area (Å²) in [6.07, 6.45) is 5.43. The number of hydrogen-bond acceptors (Lipinski definition) is 6. The van der Waals surface area contributed by atoms with Crippen LogP contribution in [-0.2, 0) is 11.3 Å². The molecule has 3 heterocycles. The minimum absolute atomic E-state index is 0.115. The molecule has 23 heavy (non-hydrogen) atoms. The Bertz CT molecular complexity index is 619. The average Bonchev–Trinajstić information content (AvgIpc) is 2.61. The average molecular weight is 313 g/mol. The predicted octanol–water partition coefficient (Wildman–Crippen LogP) is 2.27. The van der Waals surface area contributed by atoms with Crippen molar-refractivity contribution in [3.63, 3.8) is 0 Å². The number of nitrogens with one attached hydrogen (secondary N) is 1. The van der Waals surface area contributed by atoms with Crippen molar-refractivity contribution in [2.75, 3.05) is 25.1 Å². The van der Waals surface area contributed by atoms with Gasteiger partial charge in [-0.25, -0.2) is 9.97 Å². The van der Waals surface area contributed by atoms with E-state index in [4.69, 9.17) is 4.74 Å². The molecule has 0 aromatic carbocycles. The normalized spacial score (nSPS) is 19.0. The molecule has 2 aromatic heterocycles. The van der Waals surface area contributed by atoms with Gasteiger partial charge in [-0.05, 0) is 31.5 Å². The van der Waals surface area contributed by atoms with E-state index in [0.717, 1.165) is 30.4 Å². The van der Waals surface area contributed by atoms with E-state index < -0.39 is 0 Å². The molecule has 3 rings (SSSR count). The maximum absolute atomic E-state index is 5.64. The molecule has 1 aliphatic heterocycles. The van der Waals surface area contributed by atoms with Gasteiger partial charge in [0.15, 0.2) is 0 Å². The zero-order chi connectivity index (χ0) is 16.1. The second kappa shape index (κ2) is 7.48. The number of ether oxygens (including phenoxy) is 1. The standard InChI is InChI=1S/C17H23N5O/c1-13(2)22-8-9-23-12-15(22)17-19-7-5-16(21-17)20-11-14-4-3-6-18-10-14/h3-7,10,13,15H,8-9,11-12H2,1-2H3,(H,19,20,21). The fourth-order valence-electron chi connectivity index (χ4n) is 2.79. The van der Waals surface area contributed by atoms with Crippen LogP contribution in [0.25, 0.3) is 0 Å². The summed E-state index contributed by atoms with van der Waals surface area (Å²) in [5, 5.41) is 3.33. The lowest BCUT2D eigenvalue weighted by Gasteiger charge is -2.37. The molecule has 0 saturated carbocycles. The minimum atomic E-state index is 0.115. The van der Waals surface area contributed by atoms with Crippen LogP contribution in [0.2, 0.25) is 0 Å². The Morgan fingerprint density at radius 2 is 2.26 bits per heavy atom. The van der Waals surface area contributed by atoms with Crippen molar-refractivity contribution >= 4 is 5.82 Å². The molecule has 1 N–H and O–H groups in total. The number of pyridine rings is 1. The molecule has 0 amide bonds. The molecule has 0 aliphatic carbocycles. The van der Waals surface area contributed by atoms with Crippen LogP contribution in [0.1, 0.15) is 31.3 Å². The summed E-state index contributed by atoms with van der Waals surface area (Å²) in [5.41, 5.74) is 1.12. The van der Waals surface area contributed by atoms with E-state index in [1.165, 1.54) is 0 Å². The van der Waals surface area contributed by atoms with Crippen LogP contribution in [0.15, 0.2) is 36.8 Å². The topological polar surface area (TPSA) is 63.2 Å². The van der Waals surface area contributed by atoms with Crippen LogP contribution in [-0.4, -0.2) is 45.7 Å². The van der Waals surface area contributed by atoms with Gasteiger partial charge in [0.1, 0.15) is 11.6 Å². The molecule has 0 radical (unpaired) electrons. The number of hydrogen-bond donors (Lipinski definition) is 1. The number of anilines is 1. The van der Waals surface area contributed by atoms with E-state index >= 15 is 0 Å². The highest BCUT2D eigenvalue weighted by Gasteiger charge is 2.28. The maximum atomic E-state index is 5.64. The lowest BCUT2D eigenvalue weighted by molar-refractivity contribution is -0.0264. The van der Waals surface area contributed by atoms with Crippen molar-refractivity contribution in [3.05, 3.63) is 48.2 Å². The molecule has 1 aliphatic rings. The minimum Gasteiger partial charge on any atom is -0.378 e. The second-order valence-corrected chi connectivity index (χ2v) is 5.94. The highest BCUT2D eigenvalue weighted by Crippen LogP contribution is 2.24. The first-order valence-corrected chi connectivity index (χ1v) is 8.03. The first-order valence-electron chi connectivity index (χ1n) is 8.03. The van der Waals surface area contributed by atoms with Gasteiger partial charge in [-0.1, -0.05) is 6.07 Å². The van der Waals surface area contributed by atoms with E-state index in [-0.39, 0.29) is 6.04 Å². The summed E-state index contributed by atoms with van der Waals surface area (Å²) in [7, 11) is 0. The van der Waals surface area contributed by atoms with Gasteiger partial charge < -0.3 is 10.1 Å². The van der Waals surface area contributed by atoms with Gasteiger partial charge in [0, 0.05) is 37.7 Å². The van der Waals surface area contributed by atoms with Gasteiger partial charge in [-0.15, -0.1) is 0 Å². The van der Waals surface area contributed by atoms with Crippen molar-refractivity contribution in [1.29, 1.82) is 0 Å². The molecule has 122 valence electrons. The van der Waals surface area contributed by atoms with Gasteiger partial charge in [-0.3, -0.25) is 9.88 Å². The lowest BCUT2D eigenvalue weighted by atomic mass is 10.1.